The Hall–Kier alpha value is -2.67. The molecule has 0 radical (unpaired) electrons. The predicted molar refractivity (Wildman–Crippen MR) is 100 cm³/mol. The second kappa shape index (κ2) is 8.98. The Morgan fingerprint density at radius 2 is 2.36 bits per heavy atom. The first-order valence-corrected chi connectivity index (χ1v) is 8.29. The summed E-state index contributed by atoms with van der Waals surface area (Å²) in [4.78, 5) is 22.6. The van der Waals surface area contributed by atoms with E-state index < -0.39 is 0 Å². The number of nitrogens with two attached hydrogens (primary N) is 1. The Kier molecular flexibility index (Phi) is 6.71. The molecular weight excluding hydrogens is 340 g/mol. The first kappa shape index (κ1) is 18.7. The van der Waals surface area contributed by atoms with Crippen molar-refractivity contribution in [3.05, 3.63) is 48.2 Å². The number of rotatable bonds is 7. The second-order valence-electron chi connectivity index (χ2n) is 5.34. The van der Waals surface area contributed by atoms with Crippen molar-refractivity contribution in [1.29, 1.82) is 0 Å². The van der Waals surface area contributed by atoms with E-state index in [1.54, 1.807) is 40.5 Å². The van der Waals surface area contributed by atoms with Gasteiger partial charge in [-0.1, -0.05) is 18.5 Å². The van der Waals surface area contributed by atoms with Crippen molar-refractivity contribution in [2.45, 2.75) is 13.8 Å². The van der Waals surface area contributed by atoms with Gasteiger partial charge >= 0.3 is 0 Å². The van der Waals surface area contributed by atoms with Crippen LogP contribution < -0.4 is 10.6 Å². The molecule has 0 saturated carbocycles. The van der Waals surface area contributed by atoms with Gasteiger partial charge in [0.25, 0.3) is 0 Å². The summed E-state index contributed by atoms with van der Waals surface area (Å²) in [5.41, 5.74) is 6.58. The molecule has 2 aromatic rings. The lowest BCUT2D eigenvalue weighted by molar-refractivity contribution is -0.121. The normalized spacial score (nSPS) is 12.8. The Balaban J connectivity index is 2.20. The summed E-state index contributed by atoms with van der Waals surface area (Å²) in [6, 6.07) is 3.67. The van der Waals surface area contributed by atoms with E-state index in [9.17, 15) is 4.79 Å². The standard InChI is InChI=1S/C17H21ClN6O/c1-3-23(17(25)13(2)10-20-9-5-7-19)15-12-24(22-16(15)18)14-6-4-8-21-11-14/h4-9,11-13H,3,10,19H2,1-2H3. The van der Waals surface area contributed by atoms with Gasteiger partial charge in [-0.05, 0) is 31.3 Å². The fraction of sp³-hybridized carbons (Fsp3) is 0.294. The molecule has 0 saturated heterocycles. The van der Waals surface area contributed by atoms with Gasteiger partial charge in [-0.3, -0.25) is 14.8 Å². The third-order valence-corrected chi connectivity index (χ3v) is 3.81. The van der Waals surface area contributed by atoms with Gasteiger partial charge in [0.15, 0.2) is 5.15 Å². The number of carbonyl (C=O) groups is 1. The highest BCUT2D eigenvalue weighted by Crippen LogP contribution is 2.27. The maximum absolute atomic E-state index is 12.7. The minimum atomic E-state index is -0.291. The first-order chi connectivity index (χ1) is 12.1. The van der Waals surface area contributed by atoms with Gasteiger partial charge in [-0.15, -0.1) is 0 Å². The number of nitrogens with zero attached hydrogens (tertiary/aromatic N) is 5. The lowest BCUT2D eigenvalue weighted by Gasteiger charge is -2.22. The maximum atomic E-state index is 12.7. The van der Waals surface area contributed by atoms with Crippen molar-refractivity contribution in [1.82, 2.24) is 14.8 Å². The molecule has 8 heteroatoms. The van der Waals surface area contributed by atoms with Crippen LogP contribution in [0.3, 0.4) is 0 Å². The zero-order chi connectivity index (χ0) is 18.2. The van der Waals surface area contributed by atoms with Crippen LogP contribution in [0.2, 0.25) is 5.15 Å². The van der Waals surface area contributed by atoms with Crippen molar-refractivity contribution in [3.8, 4) is 5.69 Å². The summed E-state index contributed by atoms with van der Waals surface area (Å²) in [5.74, 6) is -0.357. The molecule has 0 aromatic carbocycles. The van der Waals surface area contributed by atoms with E-state index in [0.717, 1.165) is 5.69 Å². The van der Waals surface area contributed by atoms with Gasteiger partial charge in [0.05, 0.1) is 30.5 Å². The number of hydrogen-bond donors (Lipinski definition) is 1. The molecule has 0 fully saturated rings. The monoisotopic (exact) mass is 360 g/mol. The van der Waals surface area contributed by atoms with Gasteiger partial charge in [-0.2, -0.15) is 5.10 Å². The molecule has 2 rings (SSSR count). The van der Waals surface area contributed by atoms with Crippen molar-refractivity contribution < 1.29 is 4.79 Å². The predicted octanol–water partition coefficient (Wildman–Crippen LogP) is 2.45. The molecule has 132 valence electrons. The number of amides is 1. The number of hydrogen-bond acceptors (Lipinski definition) is 5. The molecule has 1 amide bonds. The summed E-state index contributed by atoms with van der Waals surface area (Å²) >= 11 is 6.26. The number of carbonyl (C=O) groups excluding carboxylic acids is 1. The highest BCUT2D eigenvalue weighted by molar-refractivity contribution is 6.32. The van der Waals surface area contributed by atoms with Crippen LogP contribution in [0, 0.1) is 5.92 Å². The molecule has 1 unspecified atom stereocenters. The fourth-order valence-corrected chi connectivity index (χ4v) is 2.50. The van der Waals surface area contributed by atoms with E-state index >= 15 is 0 Å². The molecule has 2 N–H and O–H groups in total. The molecule has 0 aliphatic rings. The van der Waals surface area contributed by atoms with Crippen molar-refractivity contribution >= 4 is 29.4 Å². The van der Waals surface area contributed by atoms with Crippen LogP contribution in [0.5, 0.6) is 0 Å². The number of anilines is 1. The van der Waals surface area contributed by atoms with Crippen molar-refractivity contribution in [2.24, 2.45) is 16.6 Å². The number of pyridine rings is 1. The fourth-order valence-electron chi connectivity index (χ4n) is 2.26. The van der Waals surface area contributed by atoms with Crippen LogP contribution in [0.1, 0.15) is 13.8 Å². The maximum Gasteiger partial charge on any atom is 0.231 e. The molecule has 0 aliphatic heterocycles. The summed E-state index contributed by atoms with van der Waals surface area (Å²) < 4.78 is 1.61. The topological polar surface area (TPSA) is 89.4 Å². The third-order valence-electron chi connectivity index (χ3n) is 3.54. The van der Waals surface area contributed by atoms with Gasteiger partial charge in [0, 0.05) is 19.0 Å². The van der Waals surface area contributed by atoms with Crippen LogP contribution in [-0.2, 0) is 4.79 Å². The lowest BCUT2D eigenvalue weighted by Crippen LogP contribution is -2.36. The number of aliphatic imine (C=N–C) groups is 1. The smallest absolute Gasteiger partial charge is 0.231 e. The Bertz CT molecular complexity index is 756. The molecular formula is C17H21ClN6O. The number of allylic oxidation sites excluding steroid dienone is 1. The number of aromatic nitrogens is 3. The Labute approximate surface area is 151 Å². The van der Waals surface area contributed by atoms with Crippen LogP contribution in [-0.4, -0.2) is 40.0 Å². The highest BCUT2D eigenvalue weighted by Gasteiger charge is 2.24. The Morgan fingerprint density at radius 1 is 1.56 bits per heavy atom. The summed E-state index contributed by atoms with van der Waals surface area (Å²) in [6.45, 7) is 4.57. The van der Waals surface area contributed by atoms with E-state index in [1.807, 2.05) is 26.0 Å². The van der Waals surface area contributed by atoms with Crippen LogP contribution >= 0.6 is 11.6 Å². The van der Waals surface area contributed by atoms with Gasteiger partial charge in [0.1, 0.15) is 5.69 Å². The summed E-state index contributed by atoms with van der Waals surface area (Å²) in [6.07, 6.45) is 9.67. The van der Waals surface area contributed by atoms with Gasteiger partial charge in [0.2, 0.25) is 5.91 Å². The lowest BCUT2D eigenvalue weighted by atomic mass is 10.1. The SMILES string of the molecule is CCN(C(=O)C(C)CN=CC=CN)c1cn(-c2cccnc2)nc1Cl. The van der Waals surface area contributed by atoms with Gasteiger partial charge < -0.3 is 10.6 Å². The zero-order valence-corrected chi connectivity index (χ0v) is 15.0. The minimum absolute atomic E-state index is 0.0657. The quantitative estimate of drug-likeness (QED) is 0.768. The minimum Gasteiger partial charge on any atom is -0.405 e. The average molecular weight is 361 g/mol. The third kappa shape index (κ3) is 4.67. The zero-order valence-electron chi connectivity index (χ0n) is 14.2. The largest absolute Gasteiger partial charge is 0.405 e. The van der Waals surface area contributed by atoms with Gasteiger partial charge in [-0.25, -0.2) is 4.68 Å². The van der Waals surface area contributed by atoms with Crippen LogP contribution in [0.15, 0.2) is 48.0 Å². The van der Waals surface area contributed by atoms with E-state index in [4.69, 9.17) is 17.3 Å². The molecule has 2 aromatic heterocycles. The summed E-state index contributed by atoms with van der Waals surface area (Å²) in [5, 5.41) is 4.54. The molecule has 0 bridgehead atoms. The number of halogens is 1. The van der Waals surface area contributed by atoms with E-state index in [-0.39, 0.29) is 17.0 Å². The molecule has 1 atom stereocenters. The van der Waals surface area contributed by atoms with Crippen LogP contribution in [0.25, 0.3) is 5.69 Å². The molecule has 0 spiro atoms. The van der Waals surface area contributed by atoms with E-state index in [1.165, 1.54) is 6.20 Å². The molecule has 25 heavy (non-hydrogen) atoms. The Morgan fingerprint density at radius 3 is 3.00 bits per heavy atom. The first-order valence-electron chi connectivity index (χ1n) is 7.92. The molecule has 2 heterocycles. The molecule has 7 nitrogen and oxygen atoms in total. The van der Waals surface area contributed by atoms with E-state index in [2.05, 4.69) is 15.1 Å². The van der Waals surface area contributed by atoms with E-state index in [0.29, 0.717) is 18.8 Å². The van der Waals surface area contributed by atoms with Crippen LogP contribution in [0.4, 0.5) is 5.69 Å². The average Bonchev–Trinajstić information content (AvgIpc) is 3.01. The second-order valence-corrected chi connectivity index (χ2v) is 5.70. The highest BCUT2D eigenvalue weighted by atomic mass is 35.5. The summed E-state index contributed by atoms with van der Waals surface area (Å²) in [7, 11) is 0. The van der Waals surface area contributed by atoms with Crippen molar-refractivity contribution in [2.75, 3.05) is 18.0 Å². The van der Waals surface area contributed by atoms with Crippen molar-refractivity contribution in [3.63, 3.8) is 0 Å². The molecule has 0 aliphatic carbocycles.